The van der Waals surface area contributed by atoms with E-state index in [0.717, 1.165) is 12.8 Å². The molecular weight excluding hydrogens is 246 g/mol. The van der Waals surface area contributed by atoms with E-state index in [-0.39, 0.29) is 12.5 Å². The summed E-state index contributed by atoms with van der Waals surface area (Å²) in [5, 5.41) is 11.3. The van der Waals surface area contributed by atoms with Gasteiger partial charge in [0.05, 0.1) is 6.54 Å². The molecule has 1 amide bonds. The fourth-order valence-electron chi connectivity index (χ4n) is 1.67. The maximum absolute atomic E-state index is 11.8. The fraction of sp³-hybridized carbons (Fsp3) is 0.429. The van der Waals surface area contributed by atoms with Crippen molar-refractivity contribution in [1.82, 2.24) is 5.32 Å². The first kappa shape index (κ1) is 15.2. The Morgan fingerprint density at radius 3 is 2.42 bits per heavy atom. The Morgan fingerprint density at radius 1 is 1.32 bits per heavy atom. The second kappa shape index (κ2) is 7.53. The molecule has 0 fully saturated rings. The number of carboxylic acid groups (broad SMARTS) is 1. The highest BCUT2D eigenvalue weighted by atomic mass is 16.5. The van der Waals surface area contributed by atoms with Crippen LogP contribution in [0, 0.1) is 0 Å². The predicted octanol–water partition coefficient (Wildman–Crippen LogP) is 1.47. The summed E-state index contributed by atoms with van der Waals surface area (Å²) >= 11 is 0. The van der Waals surface area contributed by atoms with Gasteiger partial charge in [0, 0.05) is 12.7 Å². The van der Waals surface area contributed by atoms with Gasteiger partial charge in [0.25, 0.3) is 5.91 Å². The predicted molar refractivity (Wildman–Crippen MR) is 71.2 cm³/mol. The molecule has 0 radical (unpaired) electrons. The Bertz CT molecular complexity index is 428. The van der Waals surface area contributed by atoms with Crippen LogP contribution in [0.15, 0.2) is 24.3 Å². The molecule has 0 spiro atoms. The van der Waals surface area contributed by atoms with Crippen LogP contribution in [0.1, 0.15) is 29.3 Å². The van der Waals surface area contributed by atoms with Crippen molar-refractivity contribution in [3.8, 4) is 0 Å². The molecule has 5 nitrogen and oxygen atoms in total. The number of hydrogen-bond acceptors (Lipinski definition) is 3. The van der Waals surface area contributed by atoms with Crippen LogP contribution < -0.4 is 5.32 Å². The number of nitrogens with one attached hydrogen (secondary N) is 1. The highest BCUT2D eigenvalue weighted by Gasteiger charge is 2.17. The van der Waals surface area contributed by atoms with E-state index in [1.807, 2.05) is 12.1 Å². The average Bonchev–Trinajstić information content (AvgIpc) is 2.40. The number of benzene rings is 1. The van der Waals surface area contributed by atoms with Crippen LogP contribution in [-0.2, 0) is 16.0 Å². The third-order valence-electron chi connectivity index (χ3n) is 2.76. The van der Waals surface area contributed by atoms with E-state index < -0.39 is 12.1 Å². The number of aliphatic carboxylic acids is 1. The lowest BCUT2D eigenvalue weighted by Crippen LogP contribution is -2.37. The number of amides is 1. The number of methoxy groups -OCH3 is 1. The number of hydrogen-bond donors (Lipinski definition) is 2. The first-order valence-electron chi connectivity index (χ1n) is 6.21. The molecule has 0 aliphatic rings. The van der Waals surface area contributed by atoms with Crippen molar-refractivity contribution in [1.29, 1.82) is 0 Å². The summed E-state index contributed by atoms with van der Waals surface area (Å²) in [7, 11) is 1.30. The molecule has 0 aliphatic heterocycles. The molecule has 0 aromatic heterocycles. The summed E-state index contributed by atoms with van der Waals surface area (Å²) in [5.74, 6) is -1.40. The maximum atomic E-state index is 11.8. The molecular formula is C14H19NO4. The number of carbonyl (C=O) groups excluding carboxylic acids is 1. The van der Waals surface area contributed by atoms with Crippen LogP contribution >= 0.6 is 0 Å². The van der Waals surface area contributed by atoms with Gasteiger partial charge in [0.2, 0.25) is 0 Å². The third-order valence-corrected chi connectivity index (χ3v) is 2.76. The lowest BCUT2D eigenvalue weighted by Gasteiger charge is -2.11. The van der Waals surface area contributed by atoms with Gasteiger partial charge in [-0.25, -0.2) is 4.79 Å². The minimum atomic E-state index is -1.10. The summed E-state index contributed by atoms with van der Waals surface area (Å²) in [6, 6.07) is 7.29. The molecule has 104 valence electrons. The van der Waals surface area contributed by atoms with Crippen molar-refractivity contribution in [2.24, 2.45) is 0 Å². The summed E-state index contributed by atoms with van der Waals surface area (Å²) in [4.78, 5) is 22.5. The van der Waals surface area contributed by atoms with Gasteiger partial charge in [-0.2, -0.15) is 0 Å². The van der Waals surface area contributed by atoms with E-state index in [2.05, 4.69) is 12.2 Å². The number of carbonyl (C=O) groups is 2. The van der Waals surface area contributed by atoms with Crippen molar-refractivity contribution < 1.29 is 19.4 Å². The quantitative estimate of drug-likeness (QED) is 0.782. The minimum absolute atomic E-state index is 0.0542. The van der Waals surface area contributed by atoms with Crippen molar-refractivity contribution in [2.45, 2.75) is 25.9 Å². The SMILES string of the molecule is CCCc1ccc(C(=O)NCC(OC)C(=O)O)cc1. The van der Waals surface area contributed by atoms with Crippen molar-refractivity contribution in [2.75, 3.05) is 13.7 Å². The standard InChI is InChI=1S/C14H19NO4/c1-3-4-10-5-7-11(8-6-10)13(16)15-9-12(19-2)14(17)18/h5-8,12H,3-4,9H2,1-2H3,(H,15,16)(H,17,18). The molecule has 5 heteroatoms. The molecule has 0 saturated carbocycles. The monoisotopic (exact) mass is 265 g/mol. The smallest absolute Gasteiger partial charge is 0.334 e. The molecule has 19 heavy (non-hydrogen) atoms. The van der Waals surface area contributed by atoms with Gasteiger partial charge >= 0.3 is 5.97 Å². The summed E-state index contributed by atoms with van der Waals surface area (Å²) in [6.45, 7) is 2.04. The molecule has 1 rings (SSSR count). The maximum Gasteiger partial charge on any atom is 0.334 e. The molecule has 1 atom stereocenters. The lowest BCUT2D eigenvalue weighted by atomic mass is 10.1. The minimum Gasteiger partial charge on any atom is -0.479 e. The Hall–Kier alpha value is -1.88. The number of ether oxygens (including phenoxy) is 1. The van der Waals surface area contributed by atoms with Crippen LogP contribution in [0.3, 0.4) is 0 Å². The van der Waals surface area contributed by atoms with Gasteiger partial charge in [0.1, 0.15) is 0 Å². The highest BCUT2D eigenvalue weighted by molar-refractivity contribution is 5.94. The lowest BCUT2D eigenvalue weighted by molar-refractivity contribution is -0.148. The van der Waals surface area contributed by atoms with Crippen molar-refractivity contribution in [3.63, 3.8) is 0 Å². The van der Waals surface area contributed by atoms with E-state index in [1.165, 1.54) is 12.7 Å². The Labute approximate surface area is 112 Å². The molecule has 0 heterocycles. The van der Waals surface area contributed by atoms with Gasteiger partial charge in [-0.1, -0.05) is 25.5 Å². The van der Waals surface area contributed by atoms with Crippen molar-refractivity contribution in [3.05, 3.63) is 35.4 Å². The number of carboxylic acids is 1. The van der Waals surface area contributed by atoms with E-state index >= 15 is 0 Å². The zero-order valence-electron chi connectivity index (χ0n) is 11.2. The molecule has 0 bridgehead atoms. The van der Waals surface area contributed by atoms with E-state index in [0.29, 0.717) is 5.56 Å². The van der Waals surface area contributed by atoms with Gasteiger partial charge < -0.3 is 15.2 Å². The van der Waals surface area contributed by atoms with Crippen LogP contribution in [0.2, 0.25) is 0 Å². The van der Waals surface area contributed by atoms with Gasteiger partial charge in [0.15, 0.2) is 6.10 Å². The molecule has 2 N–H and O–H groups in total. The topological polar surface area (TPSA) is 75.6 Å². The van der Waals surface area contributed by atoms with Crippen LogP contribution in [-0.4, -0.2) is 36.7 Å². The van der Waals surface area contributed by atoms with Crippen molar-refractivity contribution >= 4 is 11.9 Å². The molecule has 1 unspecified atom stereocenters. The fourth-order valence-corrected chi connectivity index (χ4v) is 1.67. The summed E-state index contributed by atoms with van der Waals surface area (Å²) in [6.07, 6.45) is 1.01. The van der Waals surface area contributed by atoms with Gasteiger partial charge in [-0.3, -0.25) is 4.79 Å². The highest BCUT2D eigenvalue weighted by Crippen LogP contribution is 2.06. The van der Waals surface area contributed by atoms with E-state index in [9.17, 15) is 9.59 Å². The molecule has 1 aromatic carbocycles. The first-order valence-corrected chi connectivity index (χ1v) is 6.21. The third kappa shape index (κ3) is 4.71. The van der Waals surface area contributed by atoms with Crippen LogP contribution in [0.25, 0.3) is 0 Å². The van der Waals surface area contributed by atoms with E-state index in [4.69, 9.17) is 9.84 Å². The molecule has 0 aliphatic carbocycles. The Kier molecular flexibility index (Phi) is 6.02. The number of rotatable bonds is 7. The van der Waals surface area contributed by atoms with Gasteiger partial charge in [-0.05, 0) is 24.1 Å². The largest absolute Gasteiger partial charge is 0.479 e. The van der Waals surface area contributed by atoms with Gasteiger partial charge in [-0.15, -0.1) is 0 Å². The Balaban J connectivity index is 2.55. The normalized spacial score (nSPS) is 11.9. The zero-order chi connectivity index (χ0) is 14.3. The Morgan fingerprint density at radius 2 is 1.95 bits per heavy atom. The number of aryl methyl sites for hydroxylation is 1. The van der Waals surface area contributed by atoms with Crippen LogP contribution in [0.4, 0.5) is 0 Å². The summed E-state index contributed by atoms with van der Waals surface area (Å²) in [5.41, 5.74) is 1.69. The molecule has 0 saturated heterocycles. The van der Waals surface area contributed by atoms with Crippen LogP contribution in [0.5, 0.6) is 0 Å². The zero-order valence-corrected chi connectivity index (χ0v) is 11.2. The molecule has 1 aromatic rings. The first-order chi connectivity index (χ1) is 9.08. The van der Waals surface area contributed by atoms with E-state index in [1.54, 1.807) is 12.1 Å². The second-order valence-electron chi connectivity index (χ2n) is 4.22. The summed E-state index contributed by atoms with van der Waals surface area (Å²) < 4.78 is 4.73. The second-order valence-corrected chi connectivity index (χ2v) is 4.22. The average molecular weight is 265 g/mol.